The summed E-state index contributed by atoms with van der Waals surface area (Å²) in [5, 5.41) is 0. The molecule has 0 saturated heterocycles. The highest BCUT2D eigenvalue weighted by atomic mass is 16.5. The summed E-state index contributed by atoms with van der Waals surface area (Å²) in [5.41, 5.74) is 7.70. The van der Waals surface area contributed by atoms with E-state index in [1.165, 1.54) is 0 Å². The molecule has 18 heavy (non-hydrogen) atoms. The van der Waals surface area contributed by atoms with E-state index < -0.39 is 0 Å². The fourth-order valence-corrected chi connectivity index (χ4v) is 2.01. The van der Waals surface area contributed by atoms with E-state index in [0.29, 0.717) is 29.5 Å². The van der Waals surface area contributed by atoms with Crippen molar-refractivity contribution in [2.75, 3.05) is 21.3 Å². The van der Waals surface area contributed by atoms with Crippen LogP contribution in [0.1, 0.15) is 11.1 Å². The first kappa shape index (κ1) is 12.3. The molecule has 0 atom stereocenters. The number of hydrogen-bond acceptors (Lipinski definition) is 5. The van der Waals surface area contributed by atoms with Crippen LogP contribution in [0.2, 0.25) is 0 Å². The molecule has 0 aromatic heterocycles. The number of hydrogen-bond donors (Lipinski definition) is 1. The van der Waals surface area contributed by atoms with E-state index in [4.69, 9.17) is 19.9 Å². The van der Waals surface area contributed by atoms with Gasteiger partial charge >= 0.3 is 0 Å². The molecule has 0 aliphatic carbocycles. The average Bonchev–Trinajstić information content (AvgIpc) is 2.56. The summed E-state index contributed by atoms with van der Waals surface area (Å²) in [7, 11) is 4.77. The Hall–Kier alpha value is -2.17. The van der Waals surface area contributed by atoms with Gasteiger partial charge in [-0.1, -0.05) is 0 Å². The molecular formula is C13H16N2O3. The molecule has 0 spiro atoms. The minimum absolute atomic E-state index is 0.555. The predicted octanol–water partition coefficient (Wildman–Crippen LogP) is 1.60. The highest BCUT2D eigenvalue weighted by Crippen LogP contribution is 2.43. The minimum atomic E-state index is 0.555. The van der Waals surface area contributed by atoms with Crippen molar-refractivity contribution in [3.05, 3.63) is 23.4 Å². The van der Waals surface area contributed by atoms with E-state index >= 15 is 0 Å². The lowest BCUT2D eigenvalue weighted by molar-refractivity contribution is 0.323. The Morgan fingerprint density at radius 3 is 2.44 bits per heavy atom. The molecule has 5 heteroatoms. The van der Waals surface area contributed by atoms with Gasteiger partial charge in [-0.2, -0.15) is 0 Å². The normalized spacial score (nSPS) is 13.4. The summed E-state index contributed by atoms with van der Waals surface area (Å²) >= 11 is 0. The number of ether oxygens (including phenoxy) is 3. The fourth-order valence-electron chi connectivity index (χ4n) is 2.01. The standard InChI is InChI=1S/C13H16N2O3/c1-16-10-6-8-7-11(14)15-5-4-9(8)12(17-2)13(10)18-3/h4-6H,7H2,1-3H3,(H2,14,15). The quantitative estimate of drug-likeness (QED) is 0.882. The van der Waals surface area contributed by atoms with Crippen LogP contribution < -0.4 is 19.9 Å². The van der Waals surface area contributed by atoms with Crippen LogP contribution in [0, 0.1) is 0 Å². The number of fused-ring (bicyclic) bond motifs is 1. The summed E-state index contributed by atoms with van der Waals surface area (Å²) in [6.07, 6.45) is 4.07. The second-order valence-corrected chi connectivity index (χ2v) is 3.83. The van der Waals surface area contributed by atoms with Gasteiger partial charge in [0, 0.05) is 18.2 Å². The molecule has 2 N–H and O–H groups in total. The van der Waals surface area contributed by atoms with Crippen molar-refractivity contribution in [1.29, 1.82) is 0 Å². The lowest BCUT2D eigenvalue weighted by Crippen LogP contribution is -2.14. The summed E-state index contributed by atoms with van der Waals surface area (Å²) in [4.78, 5) is 4.10. The summed E-state index contributed by atoms with van der Waals surface area (Å²) in [5.74, 6) is 2.38. The van der Waals surface area contributed by atoms with Crippen LogP contribution >= 0.6 is 0 Å². The van der Waals surface area contributed by atoms with E-state index in [1.807, 2.05) is 12.1 Å². The van der Waals surface area contributed by atoms with Gasteiger partial charge in [0.2, 0.25) is 5.75 Å². The highest BCUT2D eigenvalue weighted by molar-refractivity contribution is 5.87. The Bertz CT molecular complexity index is 521. The summed E-state index contributed by atoms with van der Waals surface area (Å²) in [6, 6.07) is 1.90. The van der Waals surface area contributed by atoms with Crippen LogP contribution in [-0.2, 0) is 6.42 Å². The molecule has 0 radical (unpaired) electrons. The van der Waals surface area contributed by atoms with E-state index in [-0.39, 0.29) is 0 Å². The van der Waals surface area contributed by atoms with Gasteiger partial charge in [-0.3, -0.25) is 0 Å². The molecule has 5 nitrogen and oxygen atoms in total. The number of nitrogens with zero attached hydrogens (tertiary/aromatic N) is 1. The van der Waals surface area contributed by atoms with Crippen molar-refractivity contribution in [1.82, 2.24) is 0 Å². The third-order valence-corrected chi connectivity index (χ3v) is 2.81. The van der Waals surface area contributed by atoms with Crippen LogP contribution in [0.5, 0.6) is 17.2 Å². The molecule has 0 fully saturated rings. The number of benzene rings is 1. The van der Waals surface area contributed by atoms with Crippen molar-refractivity contribution < 1.29 is 14.2 Å². The molecular weight excluding hydrogens is 232 g/mol. The Balaban J connectivity index is 2.67. The largest absolute Gasteiger partial charge is 0.493 e. The van der Waals surface area contributed by atoms with Crippen molar-refractivity contribution in [3.63, 3.8) is 0 Å². The van der Waals surface area contributed by atoms with Gasteiger partial charge in [-0.15, -0.1) is 0 Å². The number of rotatable bonds is 3. The van der Waals surface area contributed by atoms with Gasteiger partial charge in [0.1, 0.15) is 5.84 Å². The van der Waals surface area contributed by atoms with Crippen LogP contribution in [0.25, 0.3) is 6.08 Å². The number of aliphatic imine (C=N–C) groups is 1. The first-order valence-corrected chi connectivity index (χ1v) is 5.51. The Morgan fingerprint density at radius 2 is 1.83 bits per heavy atom. The zero-order chi connectivity index (χ0) is 13.1. The van der Waals surface area contributed by atoms with E-state index in [2.05, 4.69) is 4.99 Å². The number of nitrogens with two attached hydrogens (primary N) is 1. The second-order valence-electron chi connectivity index (χ2n) is 3.83. The van der Waals surface area contributed by atoms with Gasteiger partial charge in [0.05, 0.1) is 21.3 Å². The lowest BCUT2D eigenvalue weighted by Gasteiger charge is -2.17. The van der Waals surface area contributed by atoms with Crippen molar-refractivity contribution in [2.45, 2.75) is 6.42 Å². The summed E-state index contributed by atoms with van der Waals surface area (Å²) < 4.78 is 16.1. The highest BCUT2D eigenvalue weighted by Gasteiger charge is 2.20. The molecule has 96 valence electrons. The monoisotopic (exact) mass is 248 g/mol. The molecule has 0 unspecified atom stereocenters. The van der Waals surface area contributed by atoms with Crippen LogP contribution in [-0.4, -0.2) is 27.2 Å². The smallest absolute Gasteiger partial charge is 0.203 e. The summed E-state index contributed by atoms with van der Waals surface area (Å²) in [6.45, 7) is 0. The van der Waals surface area contributed by atoms with Gasteiger partial charge in [0.15, 0.2) is 11.5 Å². The first-order chi connectivity index (χ1) is 8.71. The Kier molecular flexibility index (Phi) is 3.41. The van der Waals surface area contributed by atoms with Crippen LogP contribution in [0.4, 0.5) is 0 Å². The van der Waals surface area contributed by atoms with Crippen molar-refractivity contribution in [2.24, 2.45) is 10.7 Å². The Labute approximate surface area is 106 Å². The van der Waals surface area contributed by atoms with Crippen LogP contribution in [0.3, 0.4) is 0 Å². The van der Waals surface area contributed by atoms with E-state index in [9.17, 15) is 0 Å². The molecule has 0 bridgehead atoms. The maximum Gasteiger partial charge on any atom is 0.203 e. The maximum absolute atomic E-state index is 5.79. The lowest BCUT2D eigenvalue weighted by atomic mass is 10.0. The molecule has 1 heterocycles. The first-order valence-electron chi connectivity index (χ1n) is 5.51. The van der Waals surface area contributed by atoms with Crippen LogP contribution in [0.15, 0.2) is 17.3 Å². The fraction of sp³-hybridized carbons (Fsp3) is 0.308. The predicted molar refractivity (Wildman–Crippen MR) is 70.5 cm³/mol. The molecule has 0 amide bonds. The van der Waals surface area contributed by atoms with Gasteiger partial charge in [-0.25, -0.2) is 4.99 Å². The zero-order valence-electron chi connectivity index (χ0n) is 10.7. The van der Waals surface area contributed by atoms with Gasteiger partial charge < -0.3 is 19.9 Å². The Morgan fingerprint density at radius 1 is 1.11 bits per heavy atom. The van der Waals surface area contributed by atoms with Crippen molar-refractivity contribution in [3.8, 4) is 17.2 Å². The molecule has 1 aliphatic rings. The van der Waals surface area contributed by atoms with Crippen molar-refractivity contribution >= 4 is 11.9 Å². The average molecular weight is 248 g/mol. The number of amidine groups is 1. The second kappa shape index (κ2) is 5.00. The van der Waals surface area contributed by atoms with E-state index in [0.717, 1.165) is 11.1 Å². The van der Waals surface area contributed by atoms with Gasteiger partial charge in [-0.05, 0) is 17.7 Å². The SMILES string of the molecule is COc1cc2c(c(OC)c1OC)C=CN=C(N)C2. The van der Waals surface area contributed by atoms with E-state index in [1.54, 1.807) is 27.5 Å². The molecule has 1 aromatic rings. The molecule has 1 aliphatic heterocycles. The molecule has 2 rings (SSSR count). The maximum atomic E-state index is 5.79. The zero-order valence-corrected chi connectivity index (χ0v) is 10.7. The third-order valence-electron chi connectivity index (χ3n) is 2.81. The minimum Gasteiger partial charge on any atom is -0.493 e. The third kappa shape index (κ3) is 1.99. The topological polar surface area (TPSA) is 66.1 Å². The molecule has 0 saturated carbocycles. The molecule has 1 aromatic carbocycles. The number of methoxy groups -OCH3 is 3. The van der Waals surface area contributed by atoms with Gasteiger partial charge in [0.25, 0.3) is 0 Å².